The van der Waals surface area contributed by atoms with Crippen molar-refractivity contribution in [2.24, 2.45) is 0 Å². The molecular formula is C35H30N4O4. The highest BCUT2D eigenvalue weighted by atomic mass is 16.5. The lowest BCUT2D eigenvalue weighted by atomic mass is 9.98. The minimum Gasteiger partial charge on any atom is -0.482 e. The van der Waals surface area contributed by atoms with Crippen molar-refractivity contribution in [3.05, 3.63) is 160 Å². The summed E-state index contributed by atoms with van der Waals surface area (Å²) in [6, 6.07) is 36.1. The van der Waals surface area contributed by atoms with E-state index in [0.29, 0.717) is 11.3 Å². The van der Waals surface area contributed by atoms with Gasteiger partial charge in [-0.2, -0.15) is 0 Å². The number of benzene rings is 4. The lowest BCUT2D eigenvalue weighted by molar-refractivity contribution is 0.0723. The molecule has 0 atom stereocenters. The van der Waals surface area contributed by atoms with E-state index >= 15 is 0 Å². The zero-order chi connectivity index (χ0) is 29.8. The van der Waals surface area contributed by atoms with Crippen molar-refractivity contribution in [1.29, 1.82) is 0 Å². The Kier molecular flexibility index (Phi) is 7.74. The number of aldehydes is 1. The number of amides is 1. The van der Waals surface area contributed by atoms with Crippen LogP contribution in [0.25, 0.3) is 0 Å². The van der Waals surface area contributed by atoms with Crippen LogP contribution in [0.15, 0.2) is 126 Å². The third-order valence-electron chi connectivity index (χ3n) is 7.39. The van der Waals surface area contributed by atoms with Gasteiger partial charge in [0.15, 0.2) is 5.69 Å². The van der Waals surface area contributed by atoms with Crippen LogP contribution in [0, 0.1) is 0 Å². The van der Waals surface area contributed by atoms with Crippen LogP contribution < -0.4 is 20.5 Å². The fraction of sp³-hybridized carbons (Fsp3) is 0.114. The highest BCUT2D eigenvalue weighted by Gasteiger charge is 2.36. The molecule has 5 aromatic rings. The molecule has 214 valence electrons. The van der Waals surface area contributed by atoms with Crippen molar-refractivity contribution in [1.82, 2.24) is 9.58 Å². The van der Waals surface area contributed by atoms with Crippen LogP contribution in [-0.2, 0) is 6.61 Å². The molecule has 1 amide bonds. The number of fused-ring (bicyclic) bond motifs is 1. The highest BCUT2D eigenvalue weighted by Crippen LogP contribution is 2.33. The number of carbonyl (C=O) groups excluding carboxylic acids is 2. The zero-order valence-corrected chi connectivity index (χ0v) is 23.6. The molecule has 0 aliphatic carbocycles. The molecule has 0 fully saturated rings. The fourth-order valence-corrected chi connectivity index (χ4v) is 5.32. The van der Waals surface area contributed by atoms with Gasteiger partial charge in [0.2, 0.25) is 11.2 Å². The van der Waals surface area contributed by atoms with Gasteiger partial charge in [0.25, 0.3) is 5.91 Å². The molecule has 1 aliphatic heterocycles. The second kappa shape index (κ2) is 12.1. The van der Waals surface area contributed by atoms with E-state index in [2.05, 4.69) is 5.32 Å². The number of hydrogen-bond donors (Lipinski definition) is 1. The molecule has 8 nitrogen and oxygen atoms in total. The number of rotatable bonds is 9. The third kappa shape index (κ3) is 5.63. The third-order valence-corrected chi connectivity index (χ3v) is 7.39. The van der Waals surface area contributed by atoms with Gasteiger partial charge in [-0.15, -0.1) is 0 Å². The highest BCUT2D eigenvalue weighted by molar-refractivity contribution is 5.96. The Hall–Kier alpha value is -5.63. The van der Waals surface area contributed by atoms with Crippen molar-refractivity contribution in [2.75, 3.05) is 24.0 Å². The Morgan fingerprint density at radius 3 is 2.09 bits per heavy atom. The number of pyridine rings is 1. The van der Waals surface area contributed by atoms with E-state index in [0.717, 1.165) is 23.0 Å². The fourth-order valence-electron chi connectivity index (χ4n) is 5.32. The Morgan fingerprint density at radius 1 is 0.837 bits per heavy atom. The van der Waals surface area contributed by atoms with Crippen LogP contribution in [0.1, 0.15) is 43.6 Å². The lowest BCUT2D eigenvalue weighted by Crippen LogP contribution is -2.54. The van der Waals surface area contributed by atoms with Gasteiger partial charge in [0, 0.05) is 18.3 Å². The molecular weight excluding hydrogens is 540 g/mol. The lowest BCUT2D eigenvalue weighted by Gasteiger charge is -2.43. The summed E-state index contributed by atoms with van der Waals surface area (Å²) in [4.78, 5) is 40.8. The Bertz CT molecular complexity index is 1770. The minimum atomic E-state index is -0.460. The van der Waals surface area contributed by atoms with Gasteiger partial charge in [-0.1, -0.05) is 103 Å². The first-order valence-corrected chi connectivity index (χ1v) is 13.9. The Morgan fingerprint density at radius 2 is 1.47 bits per heavy atom. The van der Waals surface area contributed by atoms with Crippen LogP contribution >= 0.6 is 0 Å². The predicted octanol–water partition coefficient (Wildman–Crippen LogP) is 5.75. The van der Waals surface area contributed by atoms with E-state index in [9.17, 15) is 14.4 Å². The average Bonchev–Trinajstić information content (AvgIpc) is 3.05. The van der Waals surface area contributed by atoms with Gasteiger partial charge < -0.3 is 15.0 Å². The number of hydrogen-bond acceptors (Lipinski definition) is 6. The van der Waals surface area contributed by atoms with Crippen molar-refractivity contribution >= 4 is 23.6 Å². The quantitative estimate of drug-likeness (QED) is 0.227. The summed E-state index contributed by atoms with van der Waals surface area (Å²) < 4.78 is 7.94. The summed E-state index contributed by atoms with van der Waals surface area (Å²) in [6.45, 7) is 0.353. The average molecular weight is 571 g/mol. The van der Waals surface area contributed by atoms with Gasteiger partial charge in [0.1, 0.15) is 25.2 Å². The van der Waals surface area contributed by atoms with Gasteiger partial charge in [-0.05, 0) is 28.8 Å². The summed E-state index contributed by atoms with van der Waals surface area (Å²) in [6.07, 6.45) is 2.39. The molecule has 1 aromatic heterocycles. The second-order valence-corrected chi connectivity index (χ2v) is 10.3. The van der Waals surface area contributed by atoms with Gasteiger partial charge in [-0.25, -0.2) is 0 Å². The van der Waals surface area contributed by atoms with Crippen LogP contribution in [0.5, 0.6) is 5.75 Å². The molecule has 0 saturated carbocycles. The predicted molar refractivity (Wildman–Crippen MR) is 166 cm³/mol. The van der Waals surface area contributed by atoms with Crippen molar-refractivity contribution < 1.29 is 14.3 Å². The molecule has 0 unspecified atom stereocenters. The van der Waals surface area contributed by atoms with Crippen LogP contribution in [0.4, 0.5) is 11.4 Å². The Balaban J connectivity index is 1.55. The van der Waals surface area contributed by atoms with E-state index in [1.165, 1.54) is 0 Å². The molecule has 1 N–H and O–H groups in total. The first-order chi connectivity index (χ1) is 21.0. The maximum Gasteiger partial charge on any atom is 0.277 e. The minimum absolute atomic E-state index is 0.0539. The first-order valence-electron chi connectivity index (χ1n) is 13.9. The van der Waals surface area contributed by atoms with Crippen molar-refractivity contribution in [3.8, 4) is 5.75 Å². The molecule has 8 heteroatoms. The molecule has 6 rings (SSSR count). The molecule has 2 heterocycles. The summed E-state index contributed by atoms with van der Waals surface area (Å²) in [5.41, 5.74) is 3.80. The summed E-state index contributed by atoms with van der Waals surface area (Å²) in [7, 11) is 1.72. The van der Waals surface area contributed by atoms with Gasteiger partial charge in [-0.3, -0.25) is 24.1 Å². The molecule has 0 saturated heterocycles. The first kappa shape index (κ1) is 27.5. The monoisotopic (exact) mass is 570 g/mol. The maximum absolute atomic E-state index is 14.0. The molecule has 4 aromatic carbocycles. The maximum atomic E-state index is 14.0. The van der Waals surface area contributed by atoms with E-state index in [1.54, 1.807) is 47.1 Å². The van der Waals surface area contributed by atoms with Crippen LogP contribution in [0.2, 0.25) is 0 Å². The van der Waals surface area contributed by atoms with Crippen LogP contribution in [-0.4, -0.2) is 35.5 Å². The summed E-state index contributed by atoms with van der Waals surface area (Å²) >= 11 is 0. The number of anilines is 2. The van der Waals surface area contributed by atoms with E-state index < -0.39 is 5.43 Å². The van der Waals surface area contributed by atoms with E-state index in [4.69, 9.17) is 4.74 Å². The van der Waals surface area contributed by atoms with Gasteiger partial charge in [0.05, 0.1) is 12.2 Å². The zero-order valence-electron chi connectivity index (χ0n) is 23.6. The molecule has 0 radical (unpaired) electrons. The van der Waals surface area contributed by atoms with E-state index in [-0.39, 0.29) is 42.4 Å². The normalized spacial score (nSPS) is 12.7. The number of nitrogens with zero attached hydrogens (tertiary/aromatic N) is 3. The van der Waals surface area contributed by atoms with Crippen molar-refractivity contribution in [3.63, 3.8) is 0 Å². The summed E-state index contributed by atoms with van der Waals surface area (Å²) in [5.74, 6) is -0.382. The topological polar surface area (TPSA) is 83.9 Å². The number of nitrogens with one attached hydrogen (secondary N) is 1. The number of carbonyl (C=O) groups is 2. The number of aromatic nitrogens is 1. The van der Waals surface area contributed by atoms with Gasteiger partial charge >= 0.3 is 0 Å². The largest absolute Gasteiger partial charge is 0.482 e. The summed E-state index contributed by atoms with van der Waals surface area (Å²) in [5, 5.41) is 5.22. The molecule has 1 aliphatic rings. The van der Waals surface area contributed by atoms with Crippen LogP contribution in [0.3, 0.4) is 0 Å². The second-order valence-electron chi connectivity index (χ2n) is 10.3. The molecule has 0 bridgehead atoms. The number of ether oxygens (including phenoxy) is 1. The smallest absolute Gasteiger partial charge is 0.277 e. The Labute approximate surface area is 249 Å². The van der Waals surface area contributed by atoms with E-state index in [1.807, 2.05) is 96.0 Å². The standard InChI is InChI=1S/C35H30N4O4/c1-37-24-39(31(27-15-7-3-8-16-27)28-17-9-4-10-18-28)38-21-30(36-29-19-11-14-26(20-29)22-40)33(41)34(32(38)35(37)42)43-23-25-12-5-2-6-13-25/h2-22,31,36H,23-24H2,1H3. The van der Waals surface area contributed by atoms with Crippen molar-refractivity contribution in [2.45, 2.75) is 12.6 Å². The SMILES string of the molecule is CN1CN(C(c2ccccc2)c2ccccc2)n2cc(Nc3cccc(C=O)c3)c(=O)c(OCc3ccccc3)c2C1=O. The molecule has 43 heavy (non-hydrogen) atoms. The molecule has 0 spiro atoms.